The summed E-state index contributed by atoms with van der Waals surface area (Å²) in [6.45, 7) is 8.75. The molecule has 0 aliphatic rings. The zero-order chi connectivity index (χ0) is 39.5. The van der Waals surface area contributed by atoms with Crippen LogP contribution in [0.25, 0.3) is 0 Å². The third-order valence-corrected chi connectivity index (χ3v) is 11.5. The lowest BCUT2D eigenvalue weighted by atomic mass is 9.85. The van der Waals surface area contributed by atoms with E-state index in [4.69, 9.17) is 4.74 Å². The van der Waals surface area contributed by atoms with Crippen LogP contribution in [0.4, 0.5) is 0 Å². The molecule has 0 saturated heterocycles. The van der Waals surface area contributed by atoms with Crippen LogP contribution in [-0.4, -0.2) is 55.8 Å². The Morgan fingerprint density at radius 3 is 0.830 bits per heavy atom. The smallest absolute Gasteiger partial charge is 0.348 e. The van der Waals surface area contributed by atoms with Crippen molar-refractivity contribution in [3.63, 3.8) is 0 Å². The van der Waals surface area contributed by atoms with Crippen LogP contribution in [0, 0.1) is 0 Å². The number of esters is 2. The third-order valence-electron chi connectivity index (χ3n) is 11.5. The van der Waals surface area contributed by atoms with Gasteiger partial charge in [0.15, 0.2) is 11.2 Å². The second-order valence-corrected chi connectivity index (χ2v) is 16.5. The minimum absolute atomic E-state index is 0.0127. The average molecular weight is 755 g/mol. The molecule has 0 aromatic heterocycles. The van der Waals surface area contributed by atoms with Gasteiger partial charge in [0.05, 0.1) is 12.2 Å². The molecule has 0 bridgehead atoms. The molecule has 4 atom stereocenters. The zero-order valence-corrected chi connectivity index (χ0v) is 35.6. The van der Waals surface area contributed by atoms with E-state index in [0.29, 0.717) is 25.7 Å². The zero-order valence-electron chi connectivity index (χ0n) is 35.6. The summed E-state index contributed by atoms with van der Waals surface area (Å²) >= 11 is 0. The number of carbonyl (C=O) groups excluding carboxylic acids is 2. The number of rotatable bonds is 40. The largest absolute Gasteiger partial charge is 0.389 e. The van der Waals surface area contributed by atoms with Gasteiger partial charge in [-0.1, -0.05) is 220 Å². The van der Waals surface area contributed by atoms with E-state index in [2.05, 4.69) is 27.7 Å². The van der Waals surface area contributed by atoms with Gasteiger partial charge in [0.25, 0.3) is 0 Å². The van der Waals surface area contributed by atoms with E-state index in [1.807, 2.05) is 0 Å². The van der Waals surface area contributed by atoms with E-state index in [-0.39, 0.29) is 25.7 Å². The van der Waals surface area contributed by atoms with Crippen LogP contribution < -0.4 is 0 Å². The maximum Gasteiger partial charge on any atom is 0.348 e. The van der Waals surface area contributed by atoms with Gasteiger partial charge in [-0.2, -0.15) is 0 Å². The normalized spacial score (nSPS) is 15.2. The van der Waals surface area contributed by atoms with Gasteiger partial charge in [-0.05, 0) is 38.5 Å². The summed E-state index contributed by atoms with van der Waals surface area (Å²) in [5, 5.41) is 46.0. The predicted molar refractivity (Wildman–Crippen MR) is 222 cm³/mol. The fraction of sp³-hybridized carbons (Fsp3) is 0.957. The summed E-state index contributed by atoms with van der Waals surface area (Å²) in [5.74, 6) is -2.41. The highest BCUT2D eigenvalue weighted by Gasteiger charge is 2.50. The van der Waals surface area contributed by atoms with Crippen LogP contribution in [0.15, 0.2) is 0 Å². The molecule has 0 spiro atoms. The number of hydrogen-bond acceptors (Lipinski definition) is 7. The molecule has 0 aromatic carbocycles. The predicted octanol–water partition coefficient (Wildman–Crippen LogP) is 12.4. The first-order valence-corrected chi connectivity index (χ1v) is 23.2. The van der Waals surface area contributed by atoms with Crippen LogP contribution >= 0.6 is 0 Å². The average Bonchev–Trinajstić information content (AvgIpc) is 3.15. The van der Waals surface area contributed by atoms with Gasteiger partial charge in [-0.25, -0.2) is 9.59 Å². The van der Waals surface area contributed by atoms with Gasteiger partial charge in [0.1, 0.15) is 0 Å². The Kier molecular flexibility index (Phi) is 34.7. The topological polar surface area (TPSA) is 124 Å². The van der Waals surface area contributed by atoms with Crippen LogP contribution in [-0.2, 0) is 14.3 Å². The van der Waals surface area contributed by atoms with Crippen molar-refractivity contribution in [1.29, 1.82) is 0 Å². The van der Waals surface area contributed by atoms with E-state index in [1.54, 1.807) is 0 Å². The highest BCUT2D eigenvalue weighted by Crippen LogP contribution is 2.30. The number of carbonyl (C=O) groups is 2. The monoisotopic (exact) mass is 755 g/mol. The summed E-state index contributed by atoms with van der Waals surface area (Å²) in [6, 6.07) is 0. The van der Waals surface area contributed by atoms with Crippen LogP contribution in [0.5, 0.6) is 0 Å². The molecular weight excluding hydrogens is 664 g/mol. The molecule has 4 N–H and O–H groups in total. The van der Waals surface area contributed by atoms with Crippen LogP contribution in [0.1, 0.15) is 259 Å². The molecule has 0 saturated carbocycles. The Labute approximate surface area is 328 Å². The van der Waals surface area contributed by atoms with Crippen molar-refractivity contribution in [2.75, 3.05) is 0 Å². The van der Waals surface area contributed by atoms with E-state index in [1.165, 1.54) is 77.0 Å². The Bertz CT molecular complexity index is 769. The molecular formula is C46H90O7. The first kappa shape index (κ1) is 52.0. The minimum atomic E-state index is -2.25. The van der Waals surface area contributed by atoms with Crippen LogP contribution in [0.3, 0.4) is 0 Å². The second kappa shape index (κ2) is 35.4. The highest BCUT2D eigenvalue weighted by atomic mass is 16.6. The van der Waals surface area contributed by atoms with Crippen molar-refractivity contribution in [3.05, 3.63) is 0 Å². The summed E-state index contributed by atoms with van der Waals surface area (Å²) in [7, 11) is 0. The standard InChI is InChI=1S/C46H90O7/c1-5-9-13-17-21-23-25-27-29-33-37-41(47)45(51,39-35-31-19-15-11-7-3)43(49)53-44(50)46(52,40-36-32-20-16-12-8-4)42(48)38-34-30-28-26-24-22-18-14-10-6-2/h41-42,47-48,51-52H,5-40H2,1-4H3. The van der Waals surface area contributed by atoms with Crippen molar-refractivity contribution >= 4 is 11.9 Å². The highest BCUT2D eigenvalue weighted by molar-refractivity contribution is 5.94. The molecule has 0 fully saturated rings. The van der Waals surface area contributed by atoms with Crippen molar-refractivity contribution in [3.8, 4) is 0 Å². The first-order valence-electron chi connectivity index (χ1n) is 23.2. The molecule has 0 amide bonds. The van der Waals surface area contributed by atoms with Crippen molar-refractivity contribution < 1.29 is 34.8 Å². The molecule has 7 heteroatoms. The van der Waals surface area contributed by atoms with Gasteiger partial charge < -0.3 is 25.2 Å². The summed E-state index contributed by atoms with van der Waals surface area (Å²) in [6.07, 6.45) is 31.5. The second-order valence-electron chi connectivity index (χ2n) is 16.5. The minimum Gasteiger partial charge on any atom is -0.389 e. The molecule has 0 heterocycles. The fourth-order valence-corrected chi connectivity index (χ4v) is 7.55. The Morgan fingerprint density at radius 2 is 0.585 bits per heavy atom. The maximum atomic E-state index is 13.7. The van der Waals surface area contributed by atoms with Gasteiger partial charge in [-0.3, -0.25) is 0 Å². The molecule has 4 unspecified atom stereocenters. The van der Waals surface area contributed by atoms with Gasteiger partial charge in [0.2, 0.25) is 0 Å². The Morgan fingerprint density at radius 1 is 0.377 bits per heavy atom. The number of ether oxygens (including phenoxy) is 1. The van der Waals surface area contributed by atoms with Crippen molar-refractivity contribution in [2.24, 2.45) is 0 Å². The molecule has 316 valence electrons. The lowest BCUT2D eigenvalue weighted by Gasteiger charge is -2.34. The molecule has 0 aromatic rings. The van der Waals surface area contributed by atoms with Gasteiger partial charge in [-0.15, -0.1) is 0 Å². The van der Waals surface area contributed by atoms with Crippen molar-refractivity contribution in [2.45, 2.75) is 282 Å². The summed E-state index contributed by atoms with van der Waals surface area (Å²) in [4.78, 5) is 27.4. The molecule has 0 rings (SSSR count). The van der Waals surface area contributed by atoms with E-state index < -0.39 is 35.3 Å². The Hall–Kier alpha value is -1.02. The lowest BCUT2D eigenvalue weighted by Crippen LogP contribution is -2.56. The number of aliphatic hydroxyl groups excluding tert-OH is 2. The van der Waals surface area contributed by atoms with E-state index in [9.17, 15) is 30.0 Å². The van der Waals surface area contributed by atoms with Gasteiger partial charge >= 0.3 is 11.9 Å². The maximum absolute atomic E-state index is 13.7. The van der Waals surface area contributed by atoms with Gasteiger partial charge in [0, 0.05) is 0 Å². The first-order chi connectivity index (χ1) is 25.6. The lowest BCUT2D eigenvalue weighted by molar-refractivity contribution is -0.200. The van der Waals surface area contributed by atoms with Crippen LogP contribution in [0.2, 0.25) is 0 Å². The summed E-state index contributed by atoms with van der Waals surface area (Å²) < 4.78 is 5.32. The molecule has 0 radical (unpaired) electrons. The fourth-order valence-electron chi connectivity index (χ4n) is 7.55. The Balaban J connectivity index is 5.43. The molecule has 7 nitrogen and oxygen atoms in total. The summed E-state index contributed by atoms with van der Waals surface area (Å²) in [5.41, 5.74) is -4.50. The van der Waals surface area contributed by atoms with E-state index in [0.717, 1.165) is 103 Å². The third kappa shape index (κ3) is 25.7. The molecule has 0 aliphatic heterocycles. The number of aliphatic hydroxyl groups is 4. The van der Waals surface area contributed by atoms with Crippen molar-refractivity contribution in [1.82, 2.24) is 0 Å². The molecule has 0 aliphatic carbocycles. The SMILES string of the molecule is CCCCCCCCCCCCC(O)C(O)(CCCCCCCC)C(=O)OC(=O)C(O)(CCCCCCCC)C(O)CCCCCCCCCCCC. The quantitative estimate of drug-likeness (QED) is 0.0279. The number of hydrogen-bond donors (Lipinski definition) is 4. The van der Waals surface area contributed by atoms with E-state index >= 15 is 0 Å². The molecule has 53 heavy (non-hydrogen) atoms. The number of unbranched alkanes of at least 4 members (excludes halogenated alkanes) is 28.